The fourth-order valence-electron chi connectivity index (χ4n) is 2.79. The second-order valence-electron chi connectivity index (χ2n) is 5.78. The van der Waals surface area contributed by atoms with Gasteiger partial charge in [0, 0.05) is 6.54 Å². The maximum atomic E-state index is 13.3. The summed E-state index contributed by atoms with van der Waals surface area (Å²) < 4.78 is 13.3. The number of hydrogen-bond donors (Lipinski definition) is 0. The Balaban J connectivity index is 1.94. The third-order valence-electron chi connectivity index (χ3n) is 4.13. The second-order valence-corrected chi connectivity index (χ2v) is 5.78. The first-order valence-corrected chi connectivity index (χ1v) is 7.01. The topological polar surface area (TPSA) is 27.0 Å². The van der Waals surface area contributed by atoms with Gasteiger partial charge in [0.2, 0.25) is 0 Å². The average Bonchev–Trinajstić information content (AvgIpc) is 2.41. The highest BCUT2D eigenvalue weighted by Crippen LogP contribution is 2.25. The summed E-state index contributed by atoms with van der Waals surface area (Å²) in [5, 5.41) is 8.84. The summed E-state index contributed by atoms with van der Waals surface area (Å²) in [5.41, 5.74) is 1.18. The van der Waals surface area contributed by atoms with E-state index in [1.807, 2.05) is 6.07 Å². The standard InChI is InChI=1S/C16H21FN2/c1-12(2)14-5-7-19(8-6-14)11-13-3-4-16(17)15(9-13)10-18/h3-4,9,12,14H,5-8,11H2,1-2H3. The van der Waals surface area contributed by atoms with Crippen molar-refractivity contribution in [3.8, 4) is 6.07 Å². The Morgan fingerprint density at radius 1 is 1.37 bits per heavy atom. The number of nitrogens with zero attached hydrogens (tertiary/aromatic N) is 2. The summed E-state index contributed by atoms with van der Waals surface area (Å²) in [6.45, 7) is 7.60. The van der Waals surface area contributed by atoms with Crippen LogP contribution in [0.5, 0.6) is 0 Å². The van der Waals surface area contributed by atoms with Gasteiger partial charge in [-0.15, -0.1) is 0 Å². The van der Waals surface area contributed by atoms with E-state index < -0.39 is 5.82 Å². The van der Waals surface area contributed by atoms with Crippen LogP contribution in [0, 0.1) is 29.0 Å². The zero-order chi connectivity index (χ0) is 13.8. The number of rotatable bonds is 3. The van der Waals surface area contributed by atoms with Gasteiger partial charge in [-0.2, -0.15) is 5.26 Å². The summed E-state index contributed by atoms with van der Waals surface area (Å²) in [7, 11) is 0. The molecule has 0 bridgehead atoms. The van der Waals surface area contributed by atoms with Crippen LogP contribution in [-0.4, -0.2) is 18.0 Å². The van der Waals surface area contributed by atoms with Gasteiger partial charge in [-0.25, -0.2) is 4.39 Å². The van der Waals surface area contributed by atoms with E-state index in [0.29, 0.717) is 0 Å². The Labute approximate surface area is 114 Å². The van der Waals surface area contributed by atoms with Crippen LogP contribution in [0.3, 0.4) is 0 Å². The predicted molar refractivity (Wildman–Crippen MR) is 74.0 cm³/mol. The normalized spacial score (nSPS) is 17.6. The maximum Gasteiger partial charge on any atom is 0.140 e. The minimum Gasteiger partial charge on any atom is -0.299 e. The fourth-order valence-corrected chi connectivity index (χ4v) is 2.79. The lowest BCUT2D eigenvalue weighted by Crippen LogP contribution is -2.34. The van der Waals surface area contributed by atoms with E-state index in [0.717, 1.165) is 37.0 Å². The lowest BCUT2D eigenvalue weighted by molar-refractivity contribution is 0.152. The molecule has 1 heterocycles. The Morgan fingerprint density at radius 3 is 2.63 bits per heavy atom. The summed E-state index contributed by atoms with van der Waals surface area (Å²) >= 11 is 0. The minimum atomic E-state index is -0.426. The zero-order valence-corrected chi connectivity index (χ0v) is 11.7. The van der Waals surface area contributed by atoms with E-state index in [9.17, 15) is 4.39 Å². The van der Waals surface area contributed by atoms with Gasteiger partial charge in [0.05, 0.1) is 5.56 Å². The molecule has 0 unspecified atom stereocenters. The molecule has 19 heavy (non-hydrogen) atoms. The number of piperidine rings is 1. The molecule has 1 aromatic rings. The first-order chi connectivity index (χ1) is 9.10. The maximum absolute atomic E-state index is 13.3. The molecule has 2 nitrogen and oxygen atoms in total. The van der Waals surface area contributed by atoms with Gasteiger partial charge < -0.3 is 0 Å². The molecule has 3 heteroatoms. The van der Waals surface area contributed by atoms with Gasteiger partial charge in [-0.3, -0.25) is 4.90 Å². The molecule has 0 amide bonds. The smallest absolute Gasteiger partial charge is 0.140 e. The molecule has 1 aromatic carbocycles. The highest BCUT2D eigenvalue weighted by Gasteiger charge is 2.21. The van der Waals surface area contributed by atoms with E-state index >= 15 is 0 Å². The lowest BCUT2D eigenvalue weighted by atomic mass is 9.86. The number of nitriles is 1. The van der Waals surface area contributed by atoms with Gasteiger partial charge in [0.25, 0.3) is 0 Å². The summed E-state index contributed by atoms with van der Waals surface area (Å²) in [5.74, 6) is 1.17. The van der Waals surface area contributed by atoms with Gasteiger partial charge in [-0.1, -0.05) is 19.9 Å². The zero-order valence-electron chi connectivity index (χ0n) is 11.7. The van der Waals surface area contributed by atoms with Crippen molar-refractivity contribution in [1.82, 2.24) is 4.90 Å². The second kappa shape index (κ2) is 6.16. The largest absolute Gasteiger partial charge is 0.299 e. The van der Waals surface area contributed by atoms with Crippen LogP contribution in [0.1, 0.15) is 37.8 Å². The number of benzene rings is 1. The molecule has 0 radical (unpaired) electrons. The van der Waals surface area contributed by atoms with Crippen LogP contribution < -0.4 is 0 Å². The van der Waals surface area contributed by atoms with Crippen LogP contribution in [0.4, 0.5) is 4.39 Å². The Bertz CT molecular complexity index is 468. The molecule has 1 saturated heterocycles. The molecule has 0 aromatic heterocycles. The first kappa shape index (κ1) is 14.0. The van der Waals surface area contributed by atoms with Crippen molar-refractivity contribution < 1.29 is 4.39 Å². The lowest BCUT2D eigenvalue weighted by Gasteiger charge is -2.33. The molecule has 102 valence electrons. The molecule has 2 rings (SSSR count). The minimum absolute atomic E-state index is 0.148. The van der Waals surface area contributed by atoms with E-state index in [-0.39, 0.29) is 5.56 Å². The highest BCUT2D eigenvalue weighted by atomic mass is 19.1. The number of hydrogen-bond acceptors (Lipinski definition) is 2. The van der Waals surface area contributed by atoms with Crippen molar-refractivity contribution in [1.29, 1.82) is 5.26 Å². The molecule has 1 aliphatic rings. The van der Waals surface area contributed by atoms with Gasteiger partial charge in [0.15, 0.2) is 0 Å². The van der Waals surface area contributed by atoms with Gasteiger partial charge in [-0.05, 0) is 55.5 Å². The van der Waals surface area contributed by atoms with Crippen molar-refractivity contribution in [2.45, 2.75) is 33.2 Å². The molecular weight excluding hydrogens is 239 g/mol. The molecule has 1 fully saturated rings. The quantitative estimate of drug-likeness (QED) is 0.830. The molecule has 0 saturated carbocycles. The summed E-state index contributed by atoms with van der Waals surface area (Å²) in [4.78, 5) is 2.40. The van der Waals surface area contributed by atoms with E-state index in [2.05, 4.69) is 18.7 Å². The SMILES string of the molecule is CC(C)C1CCN(Cc2ccc(F)c(C#N)c2)CC1. The predicted octanol–water partition coefficient (Wildman–Crippen LogP) is 3.57. The van der Waals surface area contributed by atoms with E-state index in [1.165, 1.54) is 18.9 Å². The van der Waals surface area contributed by atoms with Crippen LogP contribution in [0.15, 0.2) is 18.2 Å². The molecule has 0 aliphatic carbocycles. The summed E-state index contributed by atoms with van der Waals surface area (Å²) in [6, 6.07) is 6.75. The monoisotopic (exact) mass is 260 g/mol. The third kappa shape index (κ3) is 3.54. The van der Waals surface area contributed by atoms with Crippen LogP contribution in [0.2, 0.25) is 0 Å². The molecule has 0 spiro atoms. The highest BCUT2D eigenvalue weighted by molar-refractivity contribution is 5.34. The van der Waals surface area contributed by atoms with Crippen molar-refractivity contribution in [3.63, 3.8) is 0 Å². The third-order valence-corrected chi connectivity index (χ3v) is 4.13. The van der Waals surface area contributed by atoms with Crippen LogP contribution >= 0.6 is 0 Å². The molecular formula is C16H21FN2. The van der Waals surface area contributed by atoms with Crippen molar-refractivity contribution >= 4 is 0 Å². The fraction of sp³-hybridized carbons (Fsp3) is 0.562. The van der Waals surface area contributed by atoms with Crippen molar-refractivity contribution in [2.75, 3.05) is 13.1 Å². The number of halogens is 1. The summed E-state index contributed by atoms with van der Waals surface area (Å²) in [6.07, 6.45) is 2.48. The van der Waals surface area contributed by atoms with Crippen molar-refractivity contribution in [3.05, 3.63) is 35.1 Å². The van der Waals surface area contributed by atoms with Gasteiger partial charge in [0.1, 0.15) is 11.9 Å². The Hall–Kier alpha value is -1.40. The first-order valence-electron chi connectivity index (χ1n) is 7.01. The molecule has 0 atom stereocenters. The van der Waals surface area contributed by atoms with Crippen molar-refractivity contribution in [2.24, 2.45) is 11.8 Å². The van der Waals surface area contributed by atoms with Gasteiger partial charge >= 0.3 is 0 Å². The van der Waals surface area contributed by atoms with Crippen LogP contribution in [0.25, 0.3) is 0 Å². The average molecular weight is 260 g/mol. The molecule has 0 N–H and O–H groups in total. The Morgan fingerprint density at radius 2 is 2.05 bits per heavy atom. The van der Waals surface area contributed by atoms with E-state index in [4.69, 9.17) is 5.26 Å². The van der Waals surface area contributed by atoms with E-state index in [1.54, 1.807) is 12.1 Å². The molecule has 1 aliphatic heterocycles. The van der Waals surface area contributed by atoms with Crippen LogP contribution in [-0.2, 0) is 6.54 Å². The number of likely N-dealkylation sites (tertiary alicyclic amines) is 1. The Kier molecular flexibility index (Phi) is 4.55.